The van der Waals surface area contributed by atoms with Gasteiger partial charge in [-0.1, -0.05) is 11.6 Å². The maximum atomic E-state index is 11.4. The Morgan fingerprint density at radius 1 is 1.38 bits per heavy atom. The van der Waals surface area contributed by atoms with Crippen molar-refractivity contribution in [1.82, 2.24) is 10.7 Å². The predicted octanol–water partition coefficient (Wildman–Crippen LogP) is 1.71. The number of halogens is 1. The second-order valence-electron chi connectivity index (χ2n) is 4.45. The first-order valence-electron chi connectivity index (χ1n) is 6.50. The van der Waals surface area contributed by atoms with Gasteiger partial charge in [-0.05, 0) is 44.5 Å². The topological polar surface area (TPSA) is 79.8 Å². The molecule has 0 radical (unpaired) electrons. The van der Waals surface area contributed by atoms with E-state index in [-0.39, 0.29) is 6.04 Å². The summed E-state index contributed by atoms with van der Waals surface area (Å²) in [6.07, 6.45) is 1.39. The molecule has 21 heavy (non-hydrogen) atoms. The van der Waals surface area contributed by atoms with Crippen LogP contribution in [0.15, 0.2) is 23.3 Å². The Labute approximate surface area is 128 Å². The molecule has 0 atom stereocenters. The number of ether oxygens (including phenoxy) is 1. The van der Waals surface area contributed by atoms with Crippen LogP contribution in [0.4, 0.5) is 0 Å². The van der Waals surface area contributed by atoms with E-state index in [0.717, 1.165) is 0 Å². The molecule has 0 aliphatic carbocycles. The number of benzene rings is 1. The van der Waals surface area contributed by atoms with Crippen LogP contribution in [0.3, 0.4) is 0 Å². The molecule has 0 saturated carbocycles. The lowest BCUT2D eigenvalue weighted by molar-refractivity contribution is -0.139. The smallest absolute Gasteiger partial charge is 0.329 e. The van der Waals surface area contributed by atoms with E-state index >= 15 is 0 Å². The number of hydrazone groups is 1. The van der Waals surface area contributed by atoms with Crippen molar-refractivity contribution in [2.24, 2.45) is 5.10 Å². The highest BCUT2D eigenvalue weighted by atomic mass is 35.5. The van der Waals surface area contributed by atoms with Gasteiger partial charge in [0.05, 0.1) is 17.8 Å². The van der Waals surface area contributed by atoms with Crippen LogP contribution in [-0.4, -0.2) is 30.7 Å². The van der Waals surface area contributed by atoms with Gasteiger partial charge in [0, 0.05) is 6.04 Å². The van der Waals surface area contributed by atoms with Crippen LogP contribution in [0.2, 0.25) is 5.02 Å². The summed E-state index contributed by atoms with van der Waals surface area (Å²) in [5, 5.41) is 6.61. The number of nitrogens with zero attached hydrogens (tertiary/aromatic N) is 1. The van der Waals surface area contributed by atoms with Gasteiger partial charge in [-0.15, -0.1) is 0 Å². The zero-order chi connectivity index (χ0) is 15.8. The third-order valence-corrected chi connectivity index (χ3v) is 2.56. The van der Waals surface area contributed by atoms with Gasteiger partial charge < -0.3 is 10.1 Å². The SMILES string of the molecule is CCOc1ccc(/C=N\NC(=O)C(=O)NC(C)C)cc1Cl. The molecule has 7 heteroatoms. The first-order chi connectivity index (χ1) is 9.93. The fourth-order valence-electron chi connectivity index (χ4n) is 1.41. The molecular formula is C14H18ClN3O3. The third kappa shape index (κ3) is 5.83. The van der Waals surface area contributed by atoms with Crippen molar-refractivity contribution in [3.8, 4) is 5.75 Å². The number of carbonyl (C=O) groups excluding carboxylic acids is 2. The summed E-state index contributed by atoms with van der Waals surface area (Å²) in [5.41, 5.74) is 2.81. The fourth-order valence-corrected chi connectivity index (χ4v) is 1.66. The van der Waals surface area contributed by atoms with E-state index in [1.165, 1.54) is 6.21 Å². The van der Waals surface area contributed by atoms with E-state index in [0.29, 0.717) is 22.9 Å². The Kier molecular flexibility index (Phi) is 6.68. The van der Waals surface area contributed by atoms with Gasteiger partial charge in [0.25, 0.3) is 0 Å². The molecule has 0 unspecified atom stereocenters. The molecule has 0 heterocycles. The molecule has 1 aromatic rings. The molecule has 0 fully saturated rings. The summed E-state index contributed by atoms with van der Waals surface area (Å²) in [7, 11) is 0. The average molecular weight is 312 g/mol. The zero-order valence-electron chi connectivity index (χ0n) is 12.1. The van der Waals surface area contributed by atoms with Gasteiger partial charge in [-0.3, -0.25) is 9.59 Å². The highest BCUT2D eigenvalue weighted by Gasteiger charge is 2.12. The predicted molar refractivity (Wildman–Crippen MR) is 81.6 cm³/mol. The lowest BCUT2D eigenvalue weighted by Crippen LogP contribution is -2.41. The van der Waals surface area contributed by atoms with Crippen molar-refractivity contribution < 1.29 is 14.3 Å². The molecule has 1 rings (SSSR count). The van der Waals surface area contributed by atoms with Crippen LogP contribution in [0.25, 0.3) is 0 Å². The van der Waals surface area contributed by atoms with Crippen molar-refractivity contribution >= 4 is 29.6 Å². The maximum Gasteiger partial charge on any atom is 0.329 e. The molecule has 0 spiro atoms. The Bertz CT molecular complexity index is 544. The highest BCUT2D eigenvalue weighted by Crippen LogP contribution is 2.24. The Morgan fingerprint density at radius 2 is 2.10 bits per heavy atom. The van der Waals surface area contributed by atoms with Crippen molar-refractivity contribution in [2.75, 3.05) is 6.61 Å². The first kappa shape index (κ1) is 17.0. The lowest BCUT2D eigenvalue weighted by Gasteiger charge is -2.06. The van der Waals surface area contributed by atoms with Crippen molar-refractivity contribution in [3.63, 3.8) is 0 Å². The molecule has 0 aromatic heterocycles. The standard InChI is InChI=1S/C14H18ClN3O3/c1-4-21-12-6-5-10(7-11(12)15)8-16-18-14(20)13(19)17-9(2)3/h5-9H,4H2,1-3H3,(H,17,19)(H,18,20)/b16-8-. The summed E-state index contributed by atoms with van der Waals surface area (Å²) in [4.78, 5) is 22.7. The van der Waals surface area contributed by atoms with Gasteiger partial charge >= 0.3 is 11.8 Å². The molecule has 2 amide bonds. The number of hydrogen-bond acceptors (Lipinski definition) is 4. The van der Waals surface area contributed by atoms with Crippen LogP contribution < -0.4 is 15.5 Å². The highest BCUT2D eigenvalue weighted by molar-refractivity contribution is 6.35. The van der Waals surface area contributed by atoms with E-state index < -0.39 is 11.8 Å². The number of hydrogen-bond donors (Lipinski definition) is 2. The fraction of sp³-hybridized carbons (Fsp3) is 0.357. The van der Waals surface area contributed by atoms with Crippen molar-refractivity contribution in [3.05, 3.63) is 28.8 Å². The maximum absolute atomic E-state index is 11.4. The molecule has 0 bridgehead atoms. The van der Waals surface area contributed by atoms with Gasteiger partial charge in [-0.2, -0.15) is 5.10 Å². The number of amides is 2. The second-order valence-corrected chi connectivity index (χ2v) is 4.86. The van der Waals surface area contributed by atoms with Crippen LogP contribution in [0.5, 0.6) is 5.75 Å². The van der Waals surface area contributed by atoms with E-state index in [4.69, 9.17) is 16.3 Å². The Balaban J connectivity index is 2.59. The number of carbonyl (C=O) groups is 2. The molecule has 1 aromatic carbocycles. The van der Waals surface area contributed by atoms with Gasteiger partial charge in [0.1, 0.15) is 5.75 Å². The number of rotatable bonds is 5. The minimum atomic E-state index is -0.822. The summed E-state index contributed by atoms with van der Waals surface area (Å²) in [6.45, 7) is 5.91. The summed E-state index contributed by atoms with van der Waals surface area (Å²) in [6, 6.07) is 4.98. The summed E-state index contributed by atoms with van der Waals surface area (Å²) < 4.78 is 5.30. The van der Waals surface area contributed by atoms with E-state index in [1.54, 1.807) is 32.0 Å². The van der Waals surface area contributed by atoms with E-state index in [9.17, 15) is 9.59 Å². The molecular weight excluding hydrogens is 294 g/mol. The minimum Gasteiger partial charge on any atom is -0.492 e. The zero-order valence-corrected chi connectivity index (χ0v) is 12.9. The van der Waals surface area contributed by atoms with Gasteiger partial charge in [-0.25, -0.2) is 5.43 Å². The average Bonchev–Trinajstić information content (AvgIpc) is 2.41. The quantitative estimate of drug-likeness (QED) is 0.493. The summed E-state index contributed by atoms with van der Waals surface area (Å²) in [5.74, 6) is -0.972. The molecule has 0 aliphatic heterocycles. The van der Waals surface area contributed by atoms with Gasteiger partial charge in [0.15, 0.2) is 0 Å². The first-order valence-corrected chi connectivity index (χ1v) is 6.88. The normalized spacial score (nSPS) is 10.7. The molecule has 0 saturated heterocycles. The van der Waals surface area contributed by atoms with Crippen molar-refractivity contribution in [1.29, 1.82) is 0 Å². The van der Waals surface area contributed by atoms with E-state index in [1.807, 2.05) is 6.92 Å². The Hall–Kier alpha value is -2.08. The molecule has 6 nitrogen and oxygen atoms in total. The van der Waals surface area contributed by atoms with Crippen LogP contribution in [0.1, 0.15) is 26.3 Å². The van der Waals surface area contributed by atoms with Crippen molar-refractivity contribution in [2.45, 2.75) is 26.8 Å². The lowest BCUT2D eigenvalue weighted by atomic mass is 10.2. The van der Waals surface area contributed by atoms with E-state index in [2.05, 4.69) is 15.8 Å². The second kappa shape index (κ2) is 8.26. The monoisotopic (exact) mass is 311 g/mol. The van der Waals surface area contributed by atoms with Gasteiger partial charge in [0.2, 0.25) is 0 Å². The Morgan fingerprint density at radius 3 is 2.67 bits per heavy atom. The summed E-state index contributed by atoms with van der Waals surface area (Å²) >= 11 is 6.02. The molecule has 114 valence electrons. The molecule has 0 aliphatic rings. The van der Waals surface area contributed by atoms with Crippen LogP contribution in [-0.2, 0) is 9.59 Å². The van der Waals surface area contributed by atoms with Crippen LogP contribution in [0, 0.1) is 0 Å². The number of nitrogens with one attached hydrogen (secondary N) is 2. The van der Waals surface area contributed by atoms with Crippen LogP contribution >= 0.6 is 11.6 Å². The minimum absolute atomic E-state index is 0.114. The third-order valence-electron chi connectivity index (χ3n) is 2.26. The largest absolute Gasteiger partial charge is 0.492 e. The molecule has 2 N–H and O–H groups in total.